The number of aliphatic hydroxyl groups excluding tert-OH is 5. The maximum absolute atomic E-state index is 13.1. The minimum atomic E-state index is -1.57. The SMILES string of the molecule is CCCCCCCCCCCCCCCC/C=C/CC/C=C/CC/C=C/C(O)C(COC1OC(CO)C(O)C(O)C1O)NC(=O)CCCCCCCCCCCCCCCCCCCCCCCCC. The topological polar surface area (TPSA) is 149 Å². The number of allylic oxidation sites excluding steroid dienone is 5. The highest BCUT2D eigenvalue weighted by atomic mass is 16.7. The Morgan fingerprint density at radius 3 is 1.20 bits per heavy atom. The van der Waals surface area contributed by atoms with E-state index in [-0.39, 0.29) is 12.5 Å². The summed E-state index contributed by atoms with van der Waals surface area (Å²) in [5.74, 6) is -0.185. The number of ether oxygens (including phenoxy) is 2. The zero-order valence-corrected chi connectivity index (χ0v) is 45.8. The molecule has 1 rings (SSSR count). The van der Waals surface area contributed by atoms with E-state index in [1.165, 1.54) is 225 Å². The van der Waals surface area contributed by atoms with Crippen molar-refractivity contribution in [3.63, 3.8) is 0 Å². The summed E-state index contributed by atoms with van der Waals surface area (Å²) in [6.45, 7) is 3.80. The molecule has 0 radical (unpaired) electrons. The maximum atomic E-state index is 13.1. The number of carbonyl (C=O) groups excluding carboxylic acids is 1. The number of hydrogen-bond donors (Lipinski definition) is 6. The summed E-state index contributed by atoms with van der Waals surface area (Å²) in [4.78, 5) is 13.1. The average molecular weight is 991 g/mol. The van der Waals surface area contributed by atoms with Gasteiger partial charge in [-0.1, -0.05) is 275 Å². The highest BCUT2D eigenvalue weighted by Gasteiger charge is 2.44. The molecule has 70 heavy (non-hydrogen) atoms. The van der Waals surface area contributed by atoms with Crippen LogP contribution in [0.2, 0.25) is 0 Å². The van der Waals surface area contributed by atoms with Gasteiger partial charge in [0, 0.05) is 6.42 Å². The van der Waals surface area contributed by atoms with E-state index in [2.05, 4.69) is 43.5 Å². The molecule has 1 heterocycles. The number of unbranched alkanes of at least 4 members (excludes halogenated alkanes) is 38. The van der Waals surface area contributed by atoms with Gasteiger partial charge in [-0.15, -0.1) is 0 Å². The lowest BCUT2D eigenvalue weighted by molar-refractivity contribution is -0.302. The minimum absolute atomic E-state index is 0.185. The molecule has 0 aromatic carbocycles. The molecule has 1 saturated heterocycles. The molecular formula is C61H115NO8. The number of amides is 1. The molecule has 1 aliphatic rings. The second-order valence-corrected chi connectivity index (χ2v) is 21.1. The average Bonchev–Trinajstić information content (AvgIpc) is 3.36. The number of carbonyl (C=O) groups is 1. The van der Waals surface area contributed by atoms with Gasteiger partial charge in [0.15, 0.2) is 6.29 Å². The van der Waals surface area contributed by atoms with Crippen LogP contribution in [0, 0.1) is 0 Å². The second-order valence-electron chi connectivity index (χ2n) is 21.1. The maximum Gasteiger partial charge on any atom is 0.220 e. The van der Waals surface area contributed by atoms with Crippen molar-refractivity contribution >= 4 is 5.91 Å². The summed E-state index contributed by atoms with van der Waals surface area (Å²) in [5, 5.41) is 54.5. The molecule has 0 aromatic heterocycles. The summed E-state index contributed by atoms with van der Waals surface area (Å²) < 4.78 is 11.3. The monoisotopic (exact) mass is 990 g/mol. The number of aliphatic hydroxyl groups is 5. The van der Waals surface area contributed by atoms with Gasteiger partial charge in [-0.25, -0.2) is 0 Å². The van der Waals surface area contributed by atoms with Crippen LogP contribution in [0.3, 0.4) is 0 Å². The molecule has 0 spiro atoms. The second kappa shape index (κ2) is 50.9. The van der Waals surface area contributed by atoms with E-state index in [1.807, 2.05) is 6.08 Å². The van der Waals surface area contributed by atoms with Gasteiger partial charge in [-0.2, -0.15) is 0 Å². The number of nitrogens with one attached hydrogen (secondary N) is 1. The van der Waals surface area contributed by atoms with Crippen LogP contribution in [0.5, 0.6) is 0 Å². The predicted molar refractivity (Wildman–Crippen MR) is 295 cm³/mol. The molecular weight excluding hydrogens is 875 g/mol. The van der Waals surface area contributed by atoms with Crippen LogP contribution < -0.4 is 5.32 Å². The van der Waals surface area contributed by atoms with Crippen LogP contribution >= 0.6 is 0 Å². The molecule has 1 aliphatic heterocycles. The van der Waals surface area contributed by atoms with Gasteiger partial charge in [-0.3, -0.25) is 4.79 Å². The van der Waals surface area contributed by atoms with E-state index < -0.39 is 49.5 Å². The summed E-state index contributed by atoms with van der Waals surface area (Å²) >= 11 is 0. The van der Waals surface area contributed by atoms with Crippen molar-refractivity contribution in [3.8, 4) is 0 Å². The molecule has 0 saturated carbocycles. The lowest BCUT2D eigenvalue weighted by atomic mass is 9.99. The molecule has 7 atom stereocenters. The predicted octanol–water partition coefficient (Wildman–Crippen LogP) is 15.1. The largest absolute Gasteiger partial charge is 0.394 e. The fourth-order valence-corrected chi connectivity index (χ4v) is 9.66. The van der Waals surface area contributed by atoms with E-state index in [1.54, 1.807) is 6.08 Å². The third-order valence-corrected chi connectivity index (χ3v) is 14.4. The normalized spacial score (nSPS) is 19.6. The minimum Gasteiger partial charge on any atom is -0.394 e. The molecule has 1 fully saturated rings. The Kier molecular flexibility index (Phi) is 48.3. The molecule has 9 heteroatoms. The Morgan fingerprint density at radius 2 is 0.814 bits per heavy atom. The lowest BCUT2D eigenvalue weighted by Gasteiger charge is -2.40. The molecule has 0 aromatic rings. The van der Waals surface area contributed by atoms with E-state index in [9.17, 15) is 30.3 Å². The van der Waals surface area contributed by atoms with Crippen molar-refractivity contribution in [1.29, 1.82) is 0 Å². The third-order valence-electron chi connectivity index (χ3n) is 14.4. The van der Waals surface area contributed by atoms with Gasteiger partial charge >= 0.3 is 0 Å². The molecule has 0 aliphatic carbocycles. The fraction of sp³-hybridized carbons (Fsp3) is 0.885. The van der Waals surface area contributed by atoms with Gasteiger partial charge in [0.1, 0.15) is 24.4 Å². The molecule has 7 unspecified atom stereocenters. The molecule has 1 amide bonds. The van der Waals surface area contributed by atoms with Crippen LogP contribution in [0.4, 0.5) is 0 Å². The summed E-state index contributed by atoms with van der Waals surface area (Å²) in [6.07, 6.45) is 59.3. The third kappa shape index (κ3) is 39.9. The van der Waals surface area contributed by atoms with Gasteiger partial charge in [-0.05, 0) is 44.9 Å². The Hall–Kier alpha value is -1.59. The van der Waals surface area contributed by atoms with Gasteiger partial charge in [0.25, 0.3) is 0 Å². The van der Waals surface area contributed by atoms with Gasteiger partial charge in [0.05, 0.1) is 25.4 Å². The molecule has 6 N–H and O–H groups in total. The van der Waals surface area contributed by atoms with Crippen molar-refractivity contribution in [2.75, 3.05) is 13.2 Å². The van der Waals surface area contributed by atoms with Crippen LogP contribution in [-0.2, 0) is 14.3 Å². The van der Waals surface area contributed by atoms with Crippen LogP contribution in [0.15, 0.2) is 36.5 Å². The summed E-state index contributed by atoms with van der Waals surface area (Å²) in [5.41, 5.74) is 0. The fourth-order valence-electron chi connectivity index (χ4n) is 9.66. The Balaban J connectivity index is 2.24. The zero-order valence-electron chi connectivity index (χ0n) is 45.8. The number of hydrogen-bond acceptors (Lipinski definition) is 8. The van der Waals surface area contributed by atoms with E-state index in [0.717, 1.165) is 44.9 Å². The Bertz CT molecular complexity index is 1190. The van der Waals surface area contributed by atoms with Crippen molar-refractivity contribution in [2.45, 2.75) is 333 Å². The van der Waals surface area contributed by atoms with E-state index >= 15 is 0 Å². The van der Waals surface area contributed by atoms with E-state index in [4.69, 9.17) is 9.47 Å². The number of rotatable bonds is 52. The highest BCUT2D eigenvalue weighted by Crippen LogP contribution is 2.23. The van der Waals surface area contributed by atoms with Crippen molar-refractivity contribution < 1.29 is 39.8 Å². The Labute approximate surface area is 431 Å². The zero-order chi connectivity index (χ0) is 50.8. The van der Waals surface area contributed by atoms with Crippen LogP contribution in [-0.4, -0.2) is 87.5 Å². The van der Waals surface area contributed by atoms with Crippen molar-refractivity contribution in [1.82, 2.24) is 5.32 Å². The summed E-state index contributed by atoms with van der Waals surface area (Å²) in [7, 11) is 0. The van der Waals surface area contributed by atoms with Gasteiger partial charge in [0.2, 0.25) is 5.91 Å². The van der Waals surface area contributed by atoms with Gasteiger partial charge < -0.3 is 40.3 Å². The quantitative estimate of drug-likeness (QED) is 0.0261. The molecule has 0 bridgehead atoms. The first kappa shape index (κ1) is 66.4. The molecule has 412 valence electrons. The first-order valence-corrected chi connectivity index (χ1v) is 30.2. The Morgan fingerprint density at radius 1 is 0.471 bits per heavy atom. The standard InChI is InChI=1S/C61H115NO8/c1-3-5-7-9-11-13-15-17-19-21-23-25-27-29-30-32-34-36-38-40-42-44-46-48-50-55(64)54(53-69-61-60(68)59(67)58(66)56(52-63)70-61)62-57(65)51-49-47-45-43-41-39-37-35-33-31-28-26-24-22-20-18-16-14-12-10-8-6-4-2/h32,34,40,42,48,50,54-56,58-61,63-64,66-68H,3-31,33,35-39,41,43-47,49,51-53H2,1-2H3,(H,62,65)/b34-32+,42-40+,50-48+. The highest BCUT2D eigenvalue weighted by molar-refractivity contribution is 5.76. The van der Waals surface area contributed by atoms with Crippen LogP contribution in [0.1, 0.15) is 290 Å². The summed E-state index contributed by atoms with van der Waals surface area (Å²) in [6, 6.07) is -0.826. The van der Waals surface area contributed by atoms with Crippen molar-refractivity contribution in [2.24, 2.45) is 0 Å². The lowest BCUT2D eigenvalue weighted by Crippen LogP contribution is -2.60. The van der Waals surface area contributed by atoms with Crippen LogP contribution in [0.25, 0.3) is 0 Å². The molecule has 9 nitrogen and oxygen atoms in total. The first-order chi connectivity index (χ1) is 34.3. The first-order valence-electron chi connectivity index (χ1n) is 30.2. The van der Waals surface area contributed by atoms with Crippen molar-refractivity contribution in [3.05, 3.63) is 36.5 Å². The van der Waals surface area contributed by atoms with E-state index in [0.29, 0.717) is 6.42 Å². The smallest absolute Gasteiger partial charge is 0.220 e.